The van der Waals surface area contributed by atoms with Gasteiger partial charge in [0, 0.05) is 35.8 Å². The van der Waals surface area contributed by atoms with Crippen LogP contribution in [-0.2, 0) is 4.74 Å². The van der Waals surface area contributed by atoms with Crippen molar-refractivity contribution in [3.63, 3.8) is 0 Å². The van der Waals surface area contributed by atoms with Crippen molar-refractivity contribution in [1.29, 1.82) is 0 Å². The predicted octanol–water partition coefficient (Wildman–Crippen LogP) is 4.83. The molecule has 1 unspecified atom stereocenters. The Balaban J connectivity index is 1.36. The minimum absolute atomic E-state index is 0.0676. The number of rotatable bonds is 4. The second-order valence-electron chi connectivity index (χ2n) is 9.44. The van der Waals surface area contributed by atoms with E-state index in [2.05, 4.69) is 27.1 Å². The number of carbonyl (C=O) groups excluding carboxylic acids is 1. The molecule has 170 valence electrons. The second-order valence-corrected chi connectivity index (χ2v) is 9.44. The third kappa shape index (κ3) is 4.03. The smallest absolute Gasteiger partial charge is 0.411 e. The molecular formula is C26H28N4O3. The van der Waals surface area contributed by atoms with Crippen molar-refractivity contribution in [2.75, 3.05) is 0 Å². The van der Waals surface area contributed by atoms with E-state index >= 15 is 0 Å². The Morgan fingerprint density at radius 2 is 1.70 bits per heavy atom. The molecule has 1 aliphatic heterocycles. The number of carbonyl (C=O) groups is 1. The number of cyclic esters (lactones) is 1. The Morgan fingerprint density at radius 1 is 1.00 bits per heavy atom. The fourth-order valence-corrected chi connectivity index (χ4v) is 5.38. The average molecular weight is 445 g/mol. The maximum absolute atomic E-state index is 12.9. The summed E-state index contributed by atoms with van der Waals surface area (Å²) in [6, 6.07) is 13.7. The number of pyridine rings is 1. The molecule has 3 heterocycles. The fourth-order valence-electron chi connectivity index (χ4n) is 5.38. The molecule has 2 aromatic heterocycles. The predicted molar refractivity (Wildman–Crippen MR) is 125 cm³/mol. The number of ether oxygens (including phenoxy) is 1. The summed E-state index contributed by atoms with van der Waals surface area (Å²) in [6.07, 6.45) is 8.11. The Morgan fingerprint density at radius 3 is 2.39 bits per heavy atom. The van der Waals surface area contributed by atoms with Crippen molar-refractivity contribution in [2.24, 2.45) is 0 Å². The van der Waals surface area contributed by atoms with Gasteiger partial charge in [0.25, 0.3) is 5.56 Å². The number of hydrogen-bond donors (Lipinski definition) is 1. The van der Waals surface area contributed by atoms with E-state index in [1.807, 2.05) is 43.0 Å². The van der Waals surface area contributed by atoms with Crippen LogP contribution in [0.5, 0.6) is 0 Å². The molecule has 1 aliphatic carbocycles. The zero-order valence-corrected chi connectivity index (χ0v) is 18.9. The summed E-state index contributed by atoms with van der Waals surface area (Å²) in [5.41, 5.74) is 1.99. The maximum atomic E-state index is 12.9. The summed E-state index contributed by atoms with van der Waals surface area (Å²) in [4.78, 5) is 38.9. The zero-order chi connectivity index (χ0) is 23.0. The van der Waals surface area contributed by atoms with E-state index in [4.69, 9.17) is 4.74 Å². The van der Waals surface area contributed by atoms with Crippen LogP contribution in [0.1, 0.15) is 62.6 Å². The van der Waals surface area contributed by atoms with Crippen LogP contribution in [0.2, 0.25) is 0 Å². The second kappa shape index (κ2) is 8.46. The van der Waals surface area contributed by atoms with Crippen molar-refractivity contribution in [1.82, 2.24) is 19.9 Å². The first kappa shape index (κ1) is 21.4. The van der Waals surface area contributed by atoms with Gasteiger partial charge in [-0.1, -0.05) is 30.3 Å². The van der Waals surface area contributed by atoms with Gasteiger partial charge in [0.2, 0.25) is 0 Å². The number of nitrogens with one attached hydrogen (secondary N) is 1. The molecule has 0 radical (unpaired) electrons. The van der Waals surface area contributed by atoms with Crippen LogP contribution in [-0.4, -0.2) is 37.6 Å². The number of amides is 1. The van der Waals surface area contributed by atoms with Crippen LogP contribution in [0.3, 0.4) is 0 Å². The summed E-state index contributed by atoms with van der Waals surface area (Å²) < 4.78 is 5.79. The van der Waals surface area contributed by atoms with Gasteiger partial charge in [0.1, 0.15) is 5.60 Å². The zero-order valence-electron chi connectivity index (χ0n) is 18.9. The standard InChI is InChI=1S/C26H28N4O3/c1-26(2)22(18-7-4-3-5-8-18)30(25(32)33-26)20-11-9-17(10-12-20)21-15-19(16-29-24(21)31)23-27-13-6-14-28-23/h3-8,13-17,20,22H,9-12H2,1-2H3,(H,29,31)/t17-,20-,22?. The maximum Gasteiger partial charge on any atom is 0.411 e. The van der Waals surface area contributed by atoms with Gasteiger partial charge in [-0.05, 0) is 63.1 Å². The Hall–Kier alpha value is -3.48. The number of aromatic nitrogens is 3. The molecule has 5 rings (SSSR count). The van der Waals surface area contributed by atoms with Gasteiger partial charge in [-0.2, -0.15) is 0 Å². The lowest BCUT2D eigenvalue weighted by Crippen LogP contribution is -2.42. The molecule has 3 aromatic rings. The van der Waals surface area contributed by atoms with Gasteiger partial charge >= 0.3 is 6.09 Å². The van der Waals surface area contributed by atoms with Crippen LogP contribution in [0, 0.1) is 0 Å². The van der Waals surface area contributed by atoms with Crippen LogP contribution >= 0.6 is 0 Å². The van der Waals surface area contributed by atoms with Crippen molar-refractivity contribution < 1.29 is 9.53 Å². The molecular weight excluding hydrogens is 416 g/mol. The highest BCUT2D eigenvalue weighted by Gasteiger charge is 2.51. The number of nitrogens with zero attached hydrogens (tertiary/aromatic N) is 3. The summed E-state index contributed by atoms with van der Waals surface area (Å²) in [5, 5.41) is 0. The lowest BCUT2D eigenvalue weighted by Gasteiger charge is -2.38. The average Bonchev–Trinajstić information content (AvgIpc) is 3.08. The molecule has 7 heteroatoms. The molecule has 1 saturated heterocycles. The molecule has 0 bridgehead atoms. The van der Waals surface area contributed by atoms with Crippen molar-refractivity contribution in [3.8, 4) is 11.4 Å². The molecule has 2 fully saturated rings. The Kier molecular flexibility index (Phi) is 5.48. The van der Waals surface area contributed by atoms with Gasteiger partial charge < -0.3 is 9.72 Å². The lowest BCUT2D eigenvalue weighted by atomic mass is 9.80. The highest BCUT2D eigenvalue weighted by molar-refractivity contribution is 5.72. The van der Waals surface area contributed by atoms with Gasteiger partial charge in [-0.25, -0.2) is 14.8 Å². The minimum Gasteiger partial charge on any atom is -0.441 e. The van der Waals surface area contributed by atoms with Crippen molar-refractivity contribution >= 4 is 6.09 Å². The van der Waals surface area contributed by atoms with Gasteiger partial charge in [-0.15, -0.1) is 0 Å². The Bertz CT molecular complexity index is 1180. The fraction of sp³-hybridized carbons (Fsp3) is 0.385. The SMILES string of the molecule is CC1(C)OC(=O)N([C@H]2CC[C@H](c3cc(-c4ncccn4)c[nH]c3=O)CC2)C1c1ccccc1. The monoisotopic (exact) mass is 444 g/mol. The normalized spacial score (nSPS) is 24.5. The third-order valence-electron chi connectivity index (χ3n) is 6.90. The molecule has 2 aliphatic rings. The summed E-state index contributed by atoms with van der Waals surface area (Å²) >= 11 is 0. The first-order valence-corrected chi connectivity index (χ1v) is 11.5. The van der Waals surface area contributed by atoms with Crippen LogP contribution in [0.4, 0.5) is 4.79 Å². The summed E-state index contributed by atoms with van der Waals surface area (Å²) in [5.74, 6) is 0.729. The minimum atomic E-state index is -0.601. The van der Waals surface area contributed by atoms with Crippen molar-refractivity contribution in [2.45, 2.75) is 63.1 Å². The summed E-state index contributed by atoms with van der Waals surface area (Å²) in [6.45, 7) is 3.95. The lowest BCUT2D eigenvalue weighted by molar-refractivity contribution is 0.0664. The van der Waals surface area contributed by atoms with E-state index < -0.39 is 5.60 Å². The van der Waals surface area contributed by atoms with Gasteiger partial charge in [0.05, 0.1) is 6.04 Å². The van der Waals surface area contributed by atoms with E-state index in [-0.39, 0.29) is 29.7 Å². The van der Waals surface area contributed by atoms with E-state index in [0.29, 0.717) is 5.82 Å². The quantitative estimate of drug-likeness (QED) is 0.623. The molecule has 1 N–H and O–H groups in total. The van der Waals surface area contributed by atoms with Crippen molar-refractivity contribution in [3.05, 3.63) is 82.5 Å². The van der Waals surface area contributed by atoms with E-state index in [9.17, 15) is 9.59 Å². The number of hydrogen-bond acceptors (Lipinski definition) is 5. The molecule has 7 nitrogen and oxygen atoms in total. The Labute approximate surface area is 192 Å². The molecule has 1 amide bonds. The highest BCUT2D eigenvalue weighted by Crippen LogP contribution is 2.45. The molecule has 33 heavy (non-hydrogen) atoms. The van der Waals surface area contributed by atoms with E-state index in [1.54, 1.807) is 24.7 Å². The molecule has 0 spiro atoms. The molecule has 1 atom stereocenters. The van der Waals surface area contributed by atoms with Gasteiger partial charge in [-0.3, -0.25) is 9.69 Å². The first-order chi connectivity index (χ1) is 15.9. The number of H-pyrrole nitrogens is 1. The molecule has 1 aromatic carbocycles. The van der Waals surface area contributed by atoms with Crippen LogP contribution in [0.15, 0.2) is 65.8 Å². The first-order valence-electron chi connectivity index (χ1n) is 11.5. The topological polar surface area (TPSA) is 88.2 Å². The molecule has 1 saturated carbocycles. The van der Waals surface area contributed by atoms with Crippen LogP contribution < -0.4 is 5.56 Å². The van der Waals surface area contributed by atoms with E-state index in [0.717, 1.165) is 42.4 Å². The third-order valence-corrected chi connectivity index (χ3v) is 6.90. The number of benzene rings is 1. The summed E-state index contributed by atoms with van der Waals surface area (Å²) in [7, 11) is 0. The van der Waals surface area contributed by atoms with Gasteiger partial charge in [0.15, 0.2) is 5.82 Å². The van der Waals surface area contributed by atoms with E-state index in [1.165, 1.54) is 0 Å². The number of aromatic amines is 1. The largest absolute Gasteiger partial charge is 0.441 e. The highest BCUT2D eigenvalue weighted by atomic mass is 16.6. The van der Waals surface area contributed by atoms with Crippen LogP contribution in [0.25, 0.3) is 11.4 Å².